The molecule has 5 heteroatoms. The molecule has 1 saturated heterocycles. The second kappa shape index (κ2) is 6.29. The van der Waals surface area contributed by atoms with Crippen LogP contribution in [0.15, 0.2) is 36.8 Å². The van der Waals surface area contributed by atoms with E-state index in [1.165, 1.54) is 5.69 Å². The summed E-state index contributed by atoms with van der Waals surface area (Å²) in [4.78, 5) is 9.62. The first-order valence-electron chi connectivity index (χ1n) is 6.91. The van der Waals surface area contributed by atoms with E-state index < -0.39 is 0 Å². The van der Waals surface area contributed by atoms with E-state index in [0.29, 0.717) is 6.10 Å². The third-order valence-electron chi connectivity index (χ3n) is 3.60. The van der Waals surface area contributed by atoms with Gasteiger partial charge < -0.3 is 9.72 Å². The fourth-order valence-electron chi connectivity index (χ4n) is 2.50. The molecule has 1 aliphatic rings. The molecule has 106 valence electrons. The minimum Gasteiger partial charge on any atom is -0.490 e. The number of hydrogen-bond acceptors (Lipinski definition) is 3. The Morgan fingerprint density at radius 1 is 1.25 bits per heavy atom. The largest absolute Gasteiger partial charge is 0.490 e. The van der Waals surface area contributed by atoms with Crippen molar-refractivity contribution in [3.8, 4) is 5.75 Å². The Kier molecular flexibility index (Phi) is 4.23. The van der Waals surface area contributed by atoms with Crippen LogP contribution in [0, 0.1) is 0 Å². The average molecular weight is 292 g/mol. The maximum atomic E-state index is 5.99. The van der Waals surface area contributed by atoms with Gasteiger partial charge in [0.1, 0.15) is 11.9 Å². The molecule has 0 spiro atoms. The van der Waals surface area contributed by atoms with Gasteiger partial charge in [0.15, 0.2) is 0 Å². The lowest BCUT2D eigenvalue weighted by molar-refractivity contribution is 0.0962. The number of aromatic amines is 1. The van der Waals surface area contributed by atoms with Crippen molar-refractivity contribution < 1.29 is 4.74 Å². The Bertz CT molecular complexity index is 519. The quantitative estimate of drug-likeness (QED) is 0.941. The molecule has 0 aliphatic carbocycles. The molecule has 3 rings (SSSR count). The maximum absolute atomic E-state index is 5.99. The summed E-state index contributed by atoms with van der Waals surface area (Å²) in [5, 5.41) is 0.742. The molecule has 0 saturated carbocycles. The number of ether oxygens (including phenoxy) is 1. The molecule has 1 aliphatic heterocycles. The van der Waals surface area contributed by atoms with Crippen LogP contribution < -0.4 is 4.74 Å². The summed E-state index contributed by atoms with van der Waals surface area (Å²) in [6.45, 7) is 3.04. The van der Waals surface area contributed by atoms with Crippen LogP contribution in [0.1, 0.15) is 18.5 Å². The second-order valence-electron chi connectivity index (χ2n) is 5.12. The first-order valence-corrected chi connectivity index (χ1v) is 7.29. The number of nitrogens with zero attached hydrogens (tertiary/aromatic N) is 2. The summed E-state index contributed by atoms with van der Waals surface area (Å²) in [5.41, 5.74) is 1.17. The van der Waals surface area contributed by atoms with Gasteiger partial charge in [0.25, 0.3) is 0 Å². The van der Waals surface area contributed by atoms with Gasteiger partial charge in [-0.15, -0.1) is 0 Å². The number of aromatic nitrogens is 2. The molecule has 0 bridgehead atoms. The molecule has 1 N–H and O–H groups in total. The van der Waals surface area contributed by atoms with E-state index in [2.05, 4.69) is 14.9 Å². The van der Waals surface area contributed by atoms with Crippen LogP contribution in [0.3, 0.4) is 0 Å². The van der Waals surface area contributed by atoms with Crippen LogP contribution in [0.25, 0.3) is 0 Å². The highest BCUT2D eigenvalue weighted by molar-refractivity contribution is 6.30. The van der Waals surface area contributed by atoms with Gasteiger partial charge in [-0.2, -0.15) is 0 Å². The second-order valence-corrected chi connectivity index (χ2v) is 5.56. The van der Waals surface area contributed by atoms with E-state index in [9.17, 15) is 0 Å². The number of hydrogen-bond donors (Lipinski definition) is 1. The van der Waals surface area contributed by atoms with Crippen LogP contribution in [-0.2, 0) is 6.54 Å². The fraction of sp³-hybridized carbons (Fsp3) is 0.400. The van der Waals surface area contributed by atoms with Crippen LogP contribution in [0.5, 0.6) is 5.75 Å². The van der Waals surface area contributed by atoms with Gasteiger partial charge in [0.05, 0.1) is 6.33 Å². The summed E-state index contributed by atoms with van der Waals surface area (Å²) in [7, 11) is 0. The third-order valence-corrected chi connectivity index (χ3v) is 3.85. The lowest BCUT2D eigenvalue weighted by atomic mass is 10.1. The highest BCUT2D eigenvalue weighted by atomic mass is 35.5. The first kappa shape index (κ1) is 13.5. The number of H-pyrrole nitrogens is 1. The van der Waals surface area contributed by atoms with E-state index in [1.54, 1.807) is 6.33 Å². The van der Waals surface area contributed by atoms with E-state index in [4.69, 9.17) is 16.3 Å². The predicted octanol–water partition coefficient (Wildman–Crippen LogP) is 3.11. The first-order chi connectivity index (χ1) is 9.79. The number of halogens is 1. The van der Waals surface area contributed by atoms with Gasteiger partial charge in [0.2, 0.25) is 0 Å². The molecule has 1 aromatic heterocycles. The minimum absolute atomic E-state index is 0.300. The van der Waals surface area contributed by atoms with Gasteiger partial charge in [-0.1, -0.05) is 11.6 Å². The molecular weight excluding hydrogens is 274 g/mol. The molecule has 0 atom stereocenters. The monoisotopic (exact) mass is 291 g/mol. The van der Waals surface area contributed by atoms with Crippen LogP contribution in [0.2, 0.25) is 5.02 Å². The summed E-state index contributed by atoms with van der Waals surface area (Å²) in [6, 6.07) is 7.59. The molecular formula is C15H18ClN3O. The molecule has 1 aromatic carbocycles. The molecule has 4 nitrogen and oxygen atoms in total. The van der Waals surface area contributed by atoms with Gasteiger partial charge in [-0.3, -0.25) is 4.90 Å². The fourth-order valence-corrected chi connectivity index (χ4v) is 2.63. The Hall–Kier alpha value is -1.52. The number of piperidine rings is 1. The number of nitrogens with one attached hydrogen (secondary N) is 1. The van der Waals surface area contributed by atoms with Gasteiger partial charge in [0, 0.05) is 36.5 Å². The predicted molar refractivity (Wildman–Crippen MR) is 79.0 cm³/mol. The number of benzene rings is 1. The lowest BCUT2D eigenvalue weighted by Crippen LogP contribution is -2.37. The molecule has 0 radical (unpaired) electrons. The molecule has 0 unspecified atom stereocenters. The standard InChI is InChI=1S/C15H18ClN3O/c16-12-1-3-14(4-2-12)20-15-5-7-19(8-6-15)10-13-9-17-11-18-13/h1-4,9,11,15H,5-8,10H2,(H,17,18). The minimum atomic E-state index is 0.300. The van der Waals surface area contributed by atoms with E-state index in [0.717, 1.165) is 43.2 Å². The van der Waals surface area contributed by atoms with Crippen molar-refractivity contribution in [3.05, 3.63) is 47.5 Å². The molecule has 20 heavy (non-hydrogen) atoms. The van der Waals surface area contributed by atoms with Crippen molar-refractivity contribution >= 4 is 11.6 Å². The average Bonchev–Trinajstić information content (AvgIpc) is 2.96. The van der Waals surface area contributed by atoms with Crippen LogP contribution in [0.4, 0.5) is 0 Å². The van der Waals surface area contributed by atoms with E-state index in [-0.39, 0.29) is 0 Å². The Morgan fingerprint density at radius 3 is 2.65 bits per heavy atom. The van der Waals surface area contributed by atoms with Crippen molar-refractivity contribution in [2.45, 2.75) is 25.5 Å². The third kappa shape index (κ3) is 3.52. The SMILES string of the molecule is Clc1ccc(OC2CCN(Cc3cnc[nH]3)CC2)cc1. The number of imidazole rings is 1. The smallest absolute Gasteiger partial charge is 0.119 e. The van der Waals surface area contributed by atoms with Crippen molar-refractivity contribution in [1.82, 2.24) is 14.9 Å². The lowest BCUT2D eigenvalue weighted by Gasteiger charge is -2.31. The van der Waals surface area contributed by atoms with Crippen molar-refractivity contribution in [2.24, 2.45) is 0 Å². The molecule has 2 aromatic rings. The Labute approximate surface area is 123 Å². The van der Waals surface area contributed by atoms with Crippen LogP contribution >= 0.6 is 11.6 Å². The topological polar surface area (TPSA) is 41.1 Å². The highest BCUT2D eigenvalue weighted by Gasteiger charge is 2.20. The summed E-state index contributed by atoms with van der Waals surface area (Å²) in [5.74, 6) is 0.904. The number of likely N-dealkylation sites (tertiary alicyclic amines) is 1. The molecule has 1 fully saturated rings. The zero-order valence-electron chi connectivity index (χ0n) is 11.3. The summed E-state index contributed by atoms with van der Waals surface area (Å²) < 4.78 is 5.99. The van der Waals surface area contributed by atoms with Crippen molar-refractivity contribution in [3.63, 3.8) is 0 Å². The van der Waals surface area contributed by atoms with E-state index in [1.807, 2.05) is 30.5 Å². The van der Waals surface area contributed by atoms with Gasteiger partial charge >= 0.3 is 0 Å². The Balaban J connectivity index is 1.47. The zero-order chi connectivity index (χ0) is 13.8. The van der Waals surface area contributed by atoms with E-state index >= 15 is 0 Å². The Morgan fingerprint density at radius 2 is 2.00 bits per heavy atom. The van der Waals surface area contributed by atoms with Gasteiger partial charge in [-0.25, -0.2) is 4.98 Å². The van der Waals surface area contributed by atoms with Crippen molar-refractivity contribution in [1.29, 1.82) is 0 Å². The van der Waals surface area contributed by atoms with Gasteiger partial charge in [-0.05, 0) is 37.1 Å². The molecule has 0 amide bonds. The maximum Gasteiger partial charge on any atom is 0.119 e. The molecule has 2 heterocycles. The summed E-state index contributed by atoms with van der Waals surface area (Å²) >= 11 is 5.87. The summed E-state index contributed by atoms with van der Waals surface area (Å²) in [6.07, 6.45) is 6.02. The van der Waals surface area contributed by atoms with Crippen molar-refractivity contribution in [2.75, 3.05) is 13.1 Å². The highest BCUT2D eigenvalue weighted by Crippen LogP contribution is 2.21. The number of rotatable bonds is 4. The normalized spacial score (nSPS) is 17.2. The van der Waals surface area contributed by atoms with Crippen LogP contribution in [-0.4, -0.2) is 34.1 Å². The zero-order valence-corrected chi connectivity index (χ0v) is 12.0.